The van der Waals surface area contributed by atoms with Gasteiger partial charge in [0.2, 0.25) is 20.0 Å². The van der Waals surface area contributed by atoms with Gasteiger partial charge >= 0.3 is 0 Å². The zero-order valence-electron chi connectivity index (χ0n) is 33.7. The van der Waals surface area contributed by atoms with Crippen molar-refractivity contribution in [2.45, 2.75) is 29.6 Å². The molecule has 0 radical (unpaired) electrons. The molecule has 340 valence electrons. The Balaban J connectivity index is 1.16. The molecular formula is C37H57Cl2N5O14S2. The molecule has 2 aromatic carbocycles. The maximum Gasteiger partial charge on any atom is 0.252 e. The molecule has 0 unspecified atom stereocenters. The van der Waals surface area contributed by atoms with Crippen LogP contribution in [0.5, 0.6) is 0 Å². The first kappa shape index (κ1) is 51.8. The van der Waals surface area contributed by atoms with Crippen LogP contribution < -0.4 is 20.1 Å². The van der Waals surface area contributed by atoms with Gasteiger partial charge in [0.1, 0.15) is 0 Å². The SMILES string of the molecule is CN1Cc2c(Cl)cc(Cl)cc2[C@H](c2cccc(S(=O)(=O)NCCOCCOCCOCCNC(=O)[C@H](O)[C@@H](O)C(=O)NCCOCCOCCOCCNS(C)(=O)=O)c2)C1. The van der Waals surface area contributed by atoms with Crippen molar-refractivity contribution in [1.82, 2.24) is 25.0 Å². The fourth-order valence-corrected chi connectivity index (χ4v) is 7.82. The number of ether oxygens (including phenoxy) is 6. The summed E-state index contributed by atoms with van der Waals surface area (Å²) in [5.74, 6) is -2.01. The van der Waals surface area contributed by atoms with Crippen molar-refractivity contribution in [1.29, 1.82) is 0 Å². The largest absolute Gasteiger partial charge is 0.380 e. The fraction of sp³-hybridized carbons (Fsp3) is 0.622. The highest BCUT2D eigenvalue weighted by Gasteiger charge is 2.30. The van der Waals surface area contributed by atoms with Crippen LogP contribution in [-0.2, 0) is 64.6 Å². The predicted octanol–water partition coefficient (Wildman–Crippen LogP) is -0.548. The van der Waals surface area contributed by atoms with E-state index in [4.69, 9.17) is 51.6 Å². The number of carbonyl (C=O) groups excluding carboxylic acids is 2. The molecule has 0 fully saturated rings. The smallest absolute Gasteiger partial charge is 0.252 e. The molecule has 6 N–H and O–H groups in total. The first-order chi connectivity index (χ1) is 28.6. The average molecular weight is 931 g/mol. The van der Waals surface area contributed by atoms with Gasteiger partial charge in [0.25, 0.3) is 11.8 Å². The number of amides is 2. The molecule has 1 heterocycles. The van der Waals surface area contributed by atoms with Crippen molar-refractivity contribution in [2.75, 3.05) is 125 Å². The number of hydrogen-bond donors (Lipinski definition) is 6. The van der Waals surface area contributed by atoms with Crippen molar-refractivity contribution in [3.63, 3.8) is 0 Å². The third kappa shape index (κ3) is 19.6. The molecule has 1 aliphatic rings. The van der Waals surface area contributed by atoms with Crippen molar-refractivity contribution >= 4 is 55.1 Å². The van der Waals surface area contributed by atoms with Crippen LogP contribution in [0.3, 0.4) is 0 Å². The van der Waals surface area contributed by atoms with Crippen LogP contribution in [0, 0.1) is 0 Å². The van der Waals surface area contributed by atoms with Crippen molar-refractivity contribution in [3.8, 4) is 0 Å². The van der Waals surface area contributed by atoms with Gasteiger partial charge in [0.05, 0.1) is 90.4 Å². The van der Waals surface area contributed by atoms with Gasteiger partial charge in [-0.05, 0) is 48.0 Å². The highest BCUT2D eigenvalue weighted by molar-refractivity contribution is 7.89. The molecule has 0 aliphatic carbocycles. The lowest BCUT2D eigenvalue weighted by Crippen LogP contribution is -2.50. The summed E-state index contributed by atoms with van der Waals surface area (Å²) in [6.45, 7) is 4.01. The van der Waals surface area contributed by atoms with E-state index in [9.17, 15) is 36.6 Å². The summed E-state index contributed by atoms with van der Waals surface area (Å²) in [5.41, 5.74) is 2.80. The summed E-state index contributed by atoms with van der Waals surface area (Å²) >= 11 is 12.8. The monoisotopic (exact) mass is 929 g/mol. The van der Waals surface area contributed by atoms with E-state index in [0.29, 0.717) is 23.1 Å². The summed E-state index contributed by atoms with van der Waals surface area (Å²) in [6, 6.07) is 10.4. The number of nitrogens with one attached hydrogen (secondary N) is 4. The van der Waals surface area contributed by atoms with Gasteiger partial charge in [-0.1, -0.05) is 35.3 Å². The summed E-state index contributed by atoms with van der Waals surface area (Å²) in [6.07, 6.45) is -2.94. The molecule has 0 spiro atoms. The number of sulfonamides is 2. The minimum absolute atomic E-state index is 0.00555. The number of halogens is 2. The number of nitrogens with zero attached hydrogens (tertiary/aromatic N) is 1. The topological polar surface area (TPSA) is 250 Å². The quantitative estimate of drug-likeness (QED) is 0.0520. The molecule has 2 amide bonds. The molecule has 3 atom stereocenters. The Morgan fingerprint density at radius 1 is 0.717 bits per heavy atom. The lowest BCUT2D eigenvalue weighted by molar-refractivity contribution is -0.146. The Labute approximate surface area is 361 Å². The highest BCUT2D eigenvalue weighted by Crippen LogP contribution is 2.38. The Bertz CT molecular complexity index is 1850. The Morgan fingerprint density at radius 2 is 1.18 bits per heavy atom. The minimum atomic E-state index is -3.81. The lowest BCUT2D eigenvalue weighted by atomic mass is 9.85. The second kappa shape index (κ2) is 27.5. The van der Waals surface area contributed by atoms with Crippen molar-refractivity contribution in [3.05, 3.63) is 63.1 Å². The summed E-state index contributed by atoms with van der Waals surface area (Å²) in [7, 11) is -5.07. The van der Waals surface area contributed by atoms with Crippen LogP contribution in [0.1, 0.15) is 22.6 Å². The van der Waals surface area contributed by atoms with E-state index in [1.165, 1.54) is 0 Å². The number of rotatable bonds is 31. The van der Waals surface area contributed by atoms with E-state index in [2.05, 4.69) is 25.0 Å². The molecule has 60 heavy (non-hydrogen) atoms. The van der Waals surface area contributed by atoms with Crippen LogP contribution in [0.2, 0.25) is 10.0 Å². The minimum Gasteiger partial charge on any atom is -0.380 e. The number of benzene rings is 2. The molecule has 0 saturated heterocycles. The molecular weight excluding hydrogens is 873 g/mol. The second-order valence-electron chi connectivity index (χ2n) is 13.5. The zero-order valence-corrected chi connectivity index (χ0v) is 36.9. The van der Waals surface area contributed by atoms with Gasteiger partial charge in [-0.15, -0.1) is 0 Å². The molecule has 2 aromatic rings. The maximum absolute atomic E-state index is 13.1. The number of hydrogen-bond acceptors (Lipinski definition) is 15. The van der Waals surface area contributed by atoms with Gasteiger partial charge < -0.3 is 54.2 Å². The molecule has 19 nitrogen and oxygen atoms in total. The molecule has 23 heteroatoms. The van der Waals surface area contributed by atoms with Gasteiger partial charge in [-0.3, -0.25) is 9.59 Å². The molecule has 0 bridgehead atoms. The summed E-state index contributed by atoms with van der Waals surface area (Å²) in [4.78, 5) is 26.5. The summed E-state index contributed by atoms with van der Waals surface area (Å²) < 4.78 is 85.0. The third-order valence-corrected chi connectivity index (χ3v) is 11.4. The Kier molecular flexibility index (Phi) is 23.7. The van der Waals surface area contributed by atoms with Crippen LogP contribution in [0.15, 0.2) is 41.3 Å². The van der Waals surface area contributed by atoms with Crippen LogP contribution in [-0.4, -0.2) is 181 Å². The second-order valence-corrected chi connectivity index (χ2v) is 17.9. The average Bonchev–Trinajstić information content (AvgIpc) is 3.20. The normalized spacial score (nSPS) is 15.7. The molecule has 3 rings (SSSR count). The van der Waals surface area contributed by atoms with E-state index in [-0.39, 0.29) is 116 Å². The number of likely N-dealkylation sites (N-methyl/N-ethyl adjacent to an activating group) is 1. The van der Waals surface area contributed by atoms with Gasteiger partial charge in [0.15, 0.2) is 12.2 Å². The number of carbonyl (C=O) groups is 2. The fourth-order valence-electron chi connectivity index (χ4n) is 5.73. The van der Waals surface area contributed by atoms with Gasteiger partial charge in [0, 0.05) is 55.2 Å². The van der Waals surface area contributed by atoms with E-state index in [1.807, 2.05) is 19.2 Å². The van der Waals surface area contributed by atoms with Crippen LogP contribution in [0.4, 0.5) is 0 Å². The van der Waals surface area contributed by atoms with Crippen molar-refractivity contribution < 1.29 is 65.1 Å². The van der Waals surface area contributed by atoms with Crippen LogP contribution >= 0.6 is 23.2 Å². The van der Waals surface area contributed by atoms with Gasteiger partial charge in [-0.2, -0.15) is 0 Å². The molecule has 0 saturated carbocycles. The summed E-state index contributed by atoms with van der Waals surface area (Å²) in [5, 5.41) is 25.9. The number of aliphatic hydroxyl groups excluding tert-OH is 2. The third-order valence-electron chi connectivity index (χ3n) is 8.63. The standard InChI is InChI=1S/C37H57Cl2N5O14S2/c1-44-25-31(30-23-28(38)24-33(39)32(30)26-44)27-4-3-5-29(22-27)60(51,52)43-9-13-56-17-21-58-19-15-54-11-7-41-37(48)35(46)34(45)36(47)40-6-10-53-14-18-57-20-16-55-12-8-42-59(2,49)50/h3-5,22-24,31,34-35,42-43,45-46H,6-21,25-26H2,1-2H3,(H,40,47)(H,41,48)/t31-,34+,35+/m0/s1. The molecule has 0 aromatic heterocycles. The zero-order chi connectivity index (χ0) is 44.0. The maximum atomic E-state index is 13.1. The number of aliphatic hydroxyl groups is 2. The van der Waals surface area contributed by atoms with Crippen molar-refractivity contribution in [2.24, 2.45) is 0 Å². The predicted molar refractivity (Wildman–Crippen MR) is 222 cm³/mol. The van der Waals surface area contributed by atoms with E-state index >= 15 is 0 Å². The highest BCUT2D eigenvalue weighted by atomic mass is 35.5. The first-order valence-corrected chi connectivity index (χ1v) is 23.3. The van der Waals surface area contributed by atoms with E-state index in [0.717, 1.165) is 22.9 Å². The first-order valence-electron chi connectivity index (χ1n) is 19.2. The van der Waals surface area contributed by atoms with Crippen LogP contribution in [0.25, 0.3) is 0 Å². The molecule has 1 aliphatic heterocycles. The Morgan fingerprint density at radius 3 is 1.68 bits per heavy atom. The number of fused-ring (bicyclic) bond motifs is 1. The van der Waals surface area contributed by atoms with Gasteiger partial charge in [-0.25, -0.2) is 26.3 Å². The Hall–Kier alpha value is -2.58. The van der Waals surface area contributed by atoms with E-state index in [1.54, 1.807) is 24.3 Å². The lowest BCUT2D eigenvalue weighted by Gasteiger charge is -2.33. The van der Waals surface area contributed by atoms with E-state index < -0.39 is 44.1 Å².